The fraction of sp³-hybridized carbons (Fsp3) is 0.464. The van der Waals surface area contributed by atoms with E-state index >= 15 is 0 Å². The molecule has 2 aromatic rings. The summed E-state index contributed by atoms with van der Waals surface area (Å²) in [4.78, 5) is 32.8. The van der Waals surface area contributed by atoms with Gasteiger partial charge in [0.1, 0.15) is 0 Å². The molecule has 0 spiro atoms. The SMILES string of the molecule is CC(C)NC(=O)C1(Cc2ccccc2-c2ccncc2)CCN(C(=O)C2CC=CCC2)CC1. The fourth-order valence-corrected chi connectivity index (χ4v) is 5.18. The lowest BCUT2D eigenvalue weighted by molar-refractivity contribution is -0.143. The summed E-state index contributed by atoms with van der Waals surface area (Å²) in [7, 11) is 0. The number of hydrogen-bond donors (Lipinski definition) is 1. The number of benzene rings is 1. The second-order valence-corrected chi connectivity index (χ2v) is 9.78. The summed E-state index contributed by atoms with van der Waals surface area (Å²) in [6, 6.07) is 12.4. The number of pyridine rings is 1. The van der Waals surface area contributed by atoms with Crippen molar-refractivity contribution < 1.29 is 9.59 Å². The molecule has 5 heteroatoms. The number of carbonyl (C=O) groups excluding carboxylic acids is 2. The molecular weight excluding hydrogens is 410 g/mol. The van der Waals surface area contributed by atoms with Crippen LogP contribution in [0.2, 0.25) is 0 Å². The van der Waals surface area contributed by atoms with Gasteiger partial charge in [-0.15, -0.1) is 0 Å². The van der Waals surface area contributed by atoms with Crippen molar-refractivity contribution >= 4 is 11.8 Å². The third kappa shape index (κ3) is 5.35. The minimum Gasteiger partial charge on any atom is -0.353 e. The Morgan fingerprint density at radius 2 is 1.82 bits per heavy atom. The molecule has 1 aromatic carbocycles. The van der Waals surface area contributed by atoms with Crippen LogP contribution in [0.4, 0.5) is 0 Å². The summed E-state index contributed by atoms with van der Waals surface area (Å²) >= 11 is 0. The highest BCUT2D eigenvalue weighted by atomic mass is 16.2. The van der Waals surface area contributed by atoms with Crippen molar-refractivity contribution in [1.82, 2.24) is 15.2 Å². The molecule has 1 atom stereocenters. The standard InChI is InChI=1S/C28H35N3O2/c1-21(2)30-27(33)28(14-18-31(19-15-28)26(32)23-8-4-3-5-9-23)20-24-10-6-7-11-25(24)22-12-16-29-17-13-22/h3-4,6-7,10-13,16-17,21,23H,5,8-9,14-15,18-20H2,1-2H3,(H,30,33). The van der Waals surface area contributed by atoms with Crippen LogP contribution >= 0.6 is 0 Å². The van der Waals surface area contributed by atoms with Gasteiger partial charge in [0.15, 0.2) is 0 Å². The van der Waals surface area contributed by atoms with Gasteiger partial charge in [0.05, 0.1) is 5.41 Å². The topological polar surface area (TPSA) is 62.3 Å². The lowest BCUT2D eigenvalue weighted by Crippen LogP contribution is -2.53. The highest BCUT2D eigenvalue weighted by Crippen LogP contribution is 2.39. The molecule has 2 aliphatic rings. The van der Waals surface area contributed by atoms with Crippen molar-refractivity contribution in [3.63, 3.8) is 0 Å². The third-order valence-electron chi connectivity index (χ3n) is 7.09. The summed E-state index contributed by atoms with van der Waals surface area (Å²) in [6.07, 6.45) is 12.7. The van der Waals surface area contributed by atoms with E-state index < -0.39 is 5.41 Å². The van der Waals surface area contributed by atoms with E-state index in [4.69, 9.17) is 0 Å². The number of nitrogens with one attached hydrogen (secondary N) is 1. The van der Waals surface area contributed by atoms with E-state index in [1.807, 2.05) is 43.0 Å². The number of amides is 2. The monoisotopic (exact) mass is 445 g/mol. The molecule has 1 aromatic heterocycles. The smallest absolute Gasteiger partial charge is 0.226 e. The molecule has 33 heavy (non-hydrogen) atoms. The van der Waals surface area contributed by atoms with Gasteiger partial charge >= 0.3 is 0 Å². The highest BCUT2D eigenvalue weighted by molar-refractivity contribution is 5.85. The van der Waals surface area contributed by atoms with E-state index in [1.165, 1.54) is 5.56 Å². The number of rotatable bonds is 6. The first-order chi connectivity index (χ1) is 16.0. The van der Waals surface area contributed by atoms with Gasteiger partial charge in [-0.25, -0.2) is 0 Å². The average molecular weight is 446 g/mol. The van der Waals surface area contributed by atoms with Crippen molar-refractivity contribution in [3.05, 3.63) is 66.5 Å². The molecule has 1 unspecified atom stereocenters. The zero-order valence-electron chi connectivity index (χ0n) is 19.8. The normalized spacial score (nSPS) is 20.0. The molecule has 0 bridgehead atoms. The van der Waals surface area contributed by atoms with Gasteiger partial charge in [0, 0.05) is 37.4 Å². The largest absolute Gasteiger partial charge is 0.353 e. The first kappa shape index (κ1) is 23.2. The van der Waals surface area contributed by atoms with Crippen LogP contribution in [-0.2, 0) is 16.0 Å². The number of aromatic nitrogens is 1. The average Bonchev–Trinajstić information content (AvgIpc) is 2.85. The number of piperidine rings is 1. The highest BCUT2D eigenvalue weighted by Gasteiger charge is 2.43. The van der Waals surface area contributed by atoms with E-state index in [0.29, 0.717) is 32.4 Å². The molecule has 1 saturated heterocycles. The van der Waals surface area contributed by atoms with E-state index in [0.717, 1.165) is 30.4 Å². The summed E-state index contributed by atoms with van der Waals surface area (Å²) in [6.45, 7) is 5.29. The van der Waals surface area contributed by atoms with E-state index in [-0.39, 0.29) is 23.8 Å². The van der Waals surface area contributed by atoms with Crippen LogP contribution in [0.5, 0.6) is 0 Å². The maximum absolute atomic E-state index is 13.5. The Balaban J connectivity index is 1.57. The minimum atomic E-state index is -0.517. The molecule has 2 heterocycles. The molecule has 1 aliphatic heterocycles. The zero-order valence-corrected chi connectivity index (χ0v) is 19.8. The van der Waals surface area contributed by atoms with Crippen molar-refractivity contribution in [1.29, 1.82) is 0 Å². The molecule has 0 radical (unpaired) electrons. The van der Waals surface area contributed by atoms with Crippen LogP contribution in [-0.4, -0.2) is 40.8 Å². The third-order valence-corrected chi connectivity index (χ3v) is 7.09. The van der Waals surface area contributed by atoms with Gasteiger partial charge < -0.3 is 10.2 Å². The van der Waals surface area contributed by atoms with Gasteiger partial charge in [-0.05, 0) is 81.2 Å². The van der Waals surface area contributed by atoms with Gasteiger partial charge in [-0.2, -0.15) is 0 Å². The van der Waals surface area contributed by atoms with E-state index in [1.54, 1.807) is 12.4 Å². The van der Waals surface area contributed by atoms with Crippen LogP contribution in [0.15, 0.2) is 60.9 Å². The van der Waals surface area contributed by atoms with Crippen LogP contribution in [0.25, 0.3) is 11.1 Å². The van der Waals surface area contributed by atoms with Crippen molar-refractivity contribution in [2.75, 3.05) is 13.1 Å². The van der Waals surface area contributed by atoms with Crippen LogP contribution in [0.3, 0.4) is 0 Å². The Labute approximate surface area is 197 Å². The predicted octanol–water partition coefficient (Wildman–Crippen LogP) is 4.78. The molecule has 0 saturated carbocycles. The molecule has 174 valence electrons. The van der Waals surface area contributed by atoms with E-state index in [9.17, 15) is 9.59 Å². The second kappa shape index (κ2) is 10.3. The predicted molar refractivity (Wildman–Crippen MR) is 131 cm³/mol. The Bertz CT molecular complexity index is 991. The summed E-state index contributed by atoms with van der Waals surface area (Å²) in [5, 5.41) is 3.18. The molecule has 1 aliphatic carbocycles. The van der Waals surface area contributed by atoms with Crippen molar-refractivity contribution in [3.8, 4) is 11.1 Å². The minimum absolute atomic E-state index is 0.0819. The molecule has 4 rings (SSSR count). The summed E-state index contributed by atoms with van der Waals surface area (Å²) in [5.74, 6) is 0.462. The maximum Gasteiger partial charge on any atom is 0.226 e. The van der Waals surface area contributed by atoms with Crippen LogP contribution in [0, 0.1) is 11.3 Å². The Hall–Kier alpha value is -2.95. The summed E-state index contributed by atoms with van der Waals surface area (Å²) in [5.41, 5.74) is 2.90. The quantitative estimate of drug-likeness (QED) is 0.651. The number of hydrogen-bond acceptors (Lipinski definition) is 3. The van der Waals surface area contributed by atoms with Crippen LogP contribution < -0.4 is 5.32 Å². The first-order valence-corrected chi connectivity index (χ1v) is 12.2. The number of likely N-dealkylation sites (tertiary alicyclic amines) is 1. The molecule has 2 amide bonds. The second-order valence-electron chi connectivity index (χ2n) is 9.78. The first-order valence-electron chi connectivity index (χ1n) is 12.2. The number of carbonyl (C=O) groups is 2. The molecular formula is C28H35N3O2. The van der Waals surface area contributed by atoms with Gasteiger partial charge in [0.25, 0.3) is 0 Å². The van der Waals surface area contributed by atoms with E-state index in [2.05, 4.69) is 34.6 Å². The van der Waals surface area contributed by atoms with Gasteiger partial charge in [-0.3, -0.25) is 14.6 Å². The molecule has 1 fully saturated rings. The maximum atomic E-state index is 13.5. The number of nitrogens with zero attached hydrogens (tertiary/aromatic N) is 2. The fourth-order valence-electron chi connectivity index (χ4n) is 5.18. The lowest BCUT2D eigenvalue weighted by Gasteiger charge is -2.42. The Morgan fingerprint density at radius 1 is 1.09 bits per heavy atom. The Morgan fingerprint density at radius 3 is 2.48 bits per heavy atom. The van der Waals surface area contributed by atoms with Gasteiger partial charge in [0.2, 0.25) is 11.8 Å². The molecule has 5 nitrogen and oxygen atoms in total. The van der Waals surface area contributed by atoms with Crippen molar-refractivity contribution in [2.45, 2.75) is 58.4 Å². The Kier molecular flexibility index (Phi) is 7.26. The number of allylic oxidation sites excluding steroid dienone is 2. The van der Waals surface area contributed by atoms with Crippen LogP contribution in [0.1, 0.15) is 51.5 Å². The lowest BCUT2D eigenvalue weighted by atomic mass is 9.71. The zero-order chi connectivity index (χ0) is 23.3. The van der Waals surface area contributed by atoms with Gasteiger partial charge in [-0.1, -0.05) is 36.4 Å². The van der Waals surface area contributed by atoms with Crippen molar-refractivity contribution in [2.24, 2.45) is 11.3 Å². The summed E-state index contributed by atoms with van der Waals surface area (Å²) < 4.78 is 0. The molecule has 1 N–H and O–H groups in total.